The first-order chi connectivity index (χ1) is 14.5. The molecule has 4 rings (SSSR count). The SMILES string of the molecule is C[C@H](NC(=O)C1CCN(Cc2ccc(Cl)c(Cl)c2)CC1)c1ccc2c(c1)OCCO2. The van der Waals surface area contributed by atoms with Gasteiger partial charge >= 0.3 is 0 Å². The van der Waals surface area contributed by atoms with Gasteiger partial charge in [-0.2, -0.15) is 0 Å². The monoisotopic (exact) mass is 448 g/mol. The second-order valence-corrected chi connectivity index (χ2v) is 8.75. The summed E-state index contributed by atoms with van der Waals surface area (Å²) >= 11 is 12.1. The molecule has 0 radical (unpaired) electrons. The van der Waals surface area contributed by atoms with Crippen LogP contribution < -0.4 is 14.8 Å². The number of hydrogen-bond acceptors (Lipinski definition) is 4. The van der Waals surface area contributed by atoms with Crippen molar-refractivity contribution < 1.29 is 14.3 Å². The number of rotatable bonds is 5. The Morgan fingerprint density at radius 3 is 2.53 bits per heavy atom. The molecular formula is C23H26Cl2N2O3. The second-order valence-electron chi connectivity index (χ2n) is 7.93. The number of benzene rings is 2. The van der Waals surface area contributed by atoms with E-state index in [1.165, 1.54) is 0 Å². The highest BCUT2D eigenvalue weighted by molar-refractivity contribution is 6.42. The molecule has 2 aliphatic heterocycles. The van der Waals surface area contributed by atoms with Gasteiger partial charge in [0.25, 0.3) is 0 Å². The van der Waals surface area contributed by atoms with Gasteiger partial charge < -0.3 is 14.8 Å². The van der Waals surface area contributed by atoms with Crippen LogP contribution in [0.15, 0.2) is 36.4 Å². The van der Waals surface area contributed by atoms with E-state index in [0.717, 1.165) is 55.1 Å². The lowest BCUT2D eigenvalue weighted by Crippen LogP contribution is -2.40. The van der Waals surface area contributed by atoms with E-state index in [0.29, 0.717) is 23.3 Å². The normalized spacial score (nSPS) is 18.1. The maximum atomic E-state index is 12.8. The molecule has 0 unspecified atom stereocenters. The molecule has 160 valence electrons. The number of amides is 1. The van der Waals surface area contributed by atoms with E-state index >= 15 is 0 Å². The quantitative estimate of drug-likeness (QED) is 0.709. The molecule has 0 saturated carbocycles. The van der Waals surface area contributed by atoms with Crippen LogP contribution in [0.2, 0.25) is 10.0 Å². The lowest BCUT2D eigenvalue weighted by atomic mass is 9.94. The van der Waals surface area contributed by atoms with Crippen molar-refractivity contribution >= 4 is 29.1 Å². The fourth-order valence-electron chi connectivity index (χ4n) is 3.99. The van der Waals surface area contributed by atoms with Gasteiger partial charge in [0.2, 0.25) is 5.91 Å². The number of hydrogen-bond donors (Lipinski definition) is 1. The number of ether oxygens (including phenoxy) is 2. The lowest BCUT2D eigenvalue weighted by molar-refractivity contribution is -0.127. The highest BCUT2D eigenvalue weighted by Crippen LogP contribution is 2.33. The number of halogens is 2. The highest BCUT2D eigenvalue weighted by Gasteiger charge is 2.26. The lowest BCUT2D eigenvalue weighted by Gasteiger charge is -2.32. The van der Waals surface area contributed by atoms with Crippen molar-refractivity contribution in [3.8, 4) is 11.5 Å². The van der Waals surface area contributed by atoms with Crippen molar-refractivity contribution in [3.05, 3.63) is 57.6 Å². The third kappa shape index (κ3) is 5.02. The van der Waals surface area contributed by atoms with E-state index in [9.17, 15) is 4.79 Å². The van der Waals surface area contributed by atoms with Gasteiger partial charge in [-0.15, -0.1) is 0 Å². The van der Waals surface area contributed by atoms with E-state index in [2.05, 4.69) is 10.2 Å². The number of likely N-dealkylation sites (tertiary alicyclic amines) is 1. The van der Waals surface area contributed by atoms with E-state index in [4.69, 9.17) is 32.7 Å². The molecule has 1 saturated heterocycles. The molecule has 1 N–H and O–H groups in total. The molecule has 1 atom stereocenters. The third-order valence-corrected chi connectivity index (χ3v) is 6.51. The smallest absolute Gasteiger partial charge is 0.223 e. The molecule has 2 aromatic carbocycles. The van der Waals surface area contributed by atoms with E-state index < -0.39 is 0 Å². The summed E-state index contributed by atoms with van der Waals surface area (Å²) in [5.41, 5.74) is 2.16. The number of nitrogens with zero attached hydrogens (tertiary/aromatic N) is 1. The Morgan fingerprint density at radius 1 is 1.07 bits per heavy atom. The molecule has 0 aliphatic carbocycles. The van der Waals surface area contributed by atoms with Gasteiger partial charge in [-0.05, 0) is 68.2 Å². The van der Waals surface area contributed by atoms with Gasteiger partial charge in [0.05, 0.1) is 16.1 Å². The standard InChI is InChI=1S/C23H26Cl2N2O3/c1-15(18-3-5-21-22(13-18)30-11-10-29-21)26-23(28)17-6-8-27(9-7-17)14-16-2-4-19(24)20(25)12-16/h2-5,12-13,15,17H,6-11,14H2,1H3,(H,26,28)/t15-/m0/s1. The molecule has 5 nitrogen and oxygen atoms in total. The summed E-state index contributed by atoms with van der Waals surface area (Å²) in [5, 5.41) is 4.32. The van der Waals surface area contributed by atoms with Crippen LogP contribution in [0.1, 0.15) is 36.9 Å². The van der Waals surface area contributed by atoms with E-state index in [-0.39, 0.29) is 17.9 Å². The van der Waals surface area contributed by atoms with Gasteiger partial charge in [-0.1, -0.05) is 35.3 Å². The van der Waals surface area contributed by atoms with Crippen LogP contribution in [0.4, 0.5) is 0 Å². The second kappa shape index (κ2) is 9.46. The minimum absolute atomic E-state index is 0.0368. The van der Waals surface area contributed by atoms with Gasteiger partial charge in [0, 0.05) is 12.5 Å². The first-order valence-electron chi connectivity index (χ1n) is 10.4. The Balaban J connectivity index is 1.28. The maximum absolute atomic E-state index is 12.8. The molecule has 0 spiro atoms. The van der Waals surface area contributed by atoms with E-state index in [1.807, 2.05) is 43.3 Å². The molecule has 2 aromatic rings. The summed E-state index contributed by atoms with van der Waals surface area (Å²) in [6.45, 7) is 5.72. The Labute approximate surface area is 187 Å². The van der Waals surface area contributed by atoms with Crippen molar-refractivity contribution in [1.82, 2.24) is 10.2 Å². The number of carbonyl (C=O) groups excluding carboxylic acids is 1. The highest BCUT2D eigenvalue weighted by atomic mass is 35.5. The molecule has 1 fully saturated rings. The van der Waals surface area contributed by atoms with Gasteiger partial charge in [0.1, 0.15) is 13.2 Å². The minimum Gasteiger partial charge on any atom is -0.486 e. The molecule has 0 aromatic heterocycles. The zero-order chi connectivity index (χ0) is 21.1. The van der Waals surface area contributed by atoms with Crippen molar-refractivity contribution in [2.45, 2.75) is 32.4 Å². The third-order valence-electron chi connectivity index (χ3n) is 5.77. The fraction of sp³-hybridized carbons (Fsp3) is 0.435. The molecule has 7 heteroatoms. The average Bonchev–Trinajstić information content (AvgIpc) is 2.76. The van der Waals surface area contributed by atoms with Crippen LogP contribution in [0.5, 0.6) is 11.5 Å². The van der Waals surface area contributed by atoms with Crippen LogP contribution >= 0.6 is 23.2 Å². The average molecular weight is 449 g/mol. The van der Waals surface area contributed by atoms with Crippen molar-refractivity contribution in [2.75, 3.05) is 26.3 Å². The molecule has 2 aliphatic rings. The van der Waals surface area contributed by atoms with Crippen molar-refractivity contribution in [2.24, 2.45) is 5.92 Å². The molecule has 30 heavy (non-hydrogen) atoms. The van der Waals surface area contributed by atoms with E-state index in [1.54, 1.807) is 0 Å². The maximum Gasteiger partial charge on any atom is 0.223 e. The first kappa shape index (κ1) is 21.3. The van der Waals surface area contributed by atoms with Gasteiger partial charge in [-0.3, -0.25) is 9.69 Å². The predicted octanol–water partition coefficient (Wildman–Crippen LogP) is 4.85. The van der Waals surface area contributed by atoms with Crippen molar-refractivity contribution in [1.29, 1.82) is 0 Å². The van der Waals surface area contributed by atoms with Crippen LogP contribution in [-0.2, 0) is 11.3 Å². The molecule has 1 amide bonds. The van der Waals surface area contributed by atoms with Crippen LogP contribution in [0, 0.1) is 5.92 Å². The summed E-state index contributed by atoms with van der Waals surface area (Å²) in [5.74, 6) is 1.66. The Hall–Kier alpha value is -1.95. The minimum atomic E-state index is -0.0810. The first-order valence-corrected chi connectivity index (χ1v) is 11.1. The van der Waals surface area contributed by atoms with Gasteiger partial charge in [0.15, 0.2) is 11.5 Å². The Morgan fingerprint density at radius 2 is 1.80 bits per heavy atom. The van der Waals surface area contributed by atoms with Crippen molar-refractivity contribution in [3.63, 3.8) is 0 Å². The van der Waals surface area contributed by atoms with Gasteiger partial charge in [-0.25, -0.2) is 0 Å². The number of fused-ring (bicyclic) bond motifs is 1. The van der Waals surface area contributed by atoms with Crippen LogP contribution in [0.3, 0.4) is 0 Å². The zero-order valence-corrected chi connectivity index (χ0v) is 18.5. The summed E-state index contributed by atoms with van der Waals surface area (Å²) in [7, 11) is 0. The Kier molecular flexibility index (Phi) is 6.71. The molecule has 2 heterocycles. The summed E-state index contributed by atoms with van der Waals surface area (Å²) in [4.78, 5) is 15.2. The number of piperidine rings is 1. The molecule has 0 bridgehead atoms. The molecular weight excluding hydrogens is 423 g/mol. The van der Waals surface area contributed by atoms with Crippen LogP contribution in [0.25, 0.3) is 0 Å². The zero-order valence-electron chi connectivity index (χ0n) is 17.0. The number of nitrogens with one attached hydrogen (secondary N) is 1. The summed E-state index contributed by atoms with van der Waals surface area (Å²) < 4.78 is 11.2. The largest absolute Gasteiger partial charge is 0.486 e. The fourth-order valence-corrected chi connectivity index (χ4v) is 4.31. The predicted molar refractivity (Wildman–Crippen MR) is 118 cm³/mol. The van der Waals surface area contributed by atoms with Crippen LogP contribution in [-0.4, -0.2) is 37.1 Å². The number of carbonyl (C=O) groups is 1. The summed E-state index contributed by atoms with van der Waals surface area (Å²) in [6.07, 6.45) is 1.70. The Bertz CT molecular complexity index is 913. The topological polar surface area (TPSA) is 50.8 Å². The summed E-state index contributed by atoms with van der Waals surface area (Å²) in [6, 6.07) is 11.5.